The highest BCUT2D eigenvalue weighted by Gasteiger charge is 2.39. The van der Waals surface area contributed by atoms with Gasteiger partial charge in [-0.2, -0.15) is 4.80 Å². The van der Waals surface area contributed by atoms with Gasteiger partial charge in [0.05, 0.1) is 17.0 Å². The minimum Gasteiger partial charge on any atom is -0.348 e. The van der Waals surface area contributed by atoms with Gasteiger partial charge in [-0.3, -0.25) is 4.79 Å². The Labute approximate surface area is 152 Å². The Bertz CT molecular complexity index is 905. The summed E-state index contributed by atoms with van der Waals surface area (Å²) in [6, 6.07) is 7.91. The quantitative estimate of drug-likeness (QED) is 0.838. The maximum atomic E-state index is 12.2. The summed E-state index contributed by atoms with van der Waals surface area (Å²) in [5.74, 6) is 0.620. The van der Waals surface area contributed by atoms with E-state index in [0.29, 0.717) is 18.2 Å². The maximum absolute atomic E-state index is 12.2. The first kappa shape index (κ1) is 18.5. The van der Waals surface area contributed by atoms with Crippen LogP contribution in [0.15, 0.2) is 24.3 Å². The summed E-state index contributed by atoms with van der Waals surface area (Å²) in [4.78, 5) is 13.4. The normalized spacial score (nSPS) is 21.8. The first-order valence-electron chi connectivity index (χ1n) is 8.55. The number of tetrazole rings is 1. The average molecular weight is 377 g/mol. The Morgan fingerprint density at radius 3 is 2.58 bits per heavy atom. The number of carbonyl (C=O) groups excluding carboxylic acids is 1. The molecule has 140 valence electrons. The molecule has 1 fully saturated rings. The number of hydrogen-bond donors (Lipinski definition) is 1. The molecule has 1 aliphatic rings. The Morgan fingerprint density at radius 1 is 1.31 bits per heavy atom. The summed E-state index contributed by atoms with van der Waals surface area (Å²) in [5.41, 5.74) is 1.32. The number of sulfone groups is 1. The van der Waals surface area contributed by atoms with Gasteiger partial charge in [0.15, 0.2) is 9.84 Å². The van der Waals surface area contributed by atoms with Gasteiger partial charge in [-0.25, -0.2) is 8.42 Å². The fraction of sp³-hybridized carbons (Fsp3) is 0.529. The molecule has 1 aromatic heterocycles. The predicted octanol–water partition coefficient (Wildman–Crippen LogP) is 1.16. The van der Waals surface area contributed by atoms with Crippen molar-refractivity contribution in [2.75, 3.05) is 11.5 Å². The number of amides is 1. The lowest BCUT2D eigenvalue weighted by Gasteiger charge is -2.23. The molecular weight excluding hydrogens is 354 g/mol. The SMILES string of the molecule is CC(C)c1ccc(-c2nnn(CC(=O)N[C@]3(C)CCS(=O)(=O)C3)n2)cc1. The summed E-state index contributed by atoms with van der Waals surface area (Å²) in [6.07, 6.45) is 0.416. The molecule has 1 aromatic carbocycles. The molecule has 26 heavy (non-hydrogen) atoms. The zero-order chi connectivity index (χ0) is 18.9. The van der Waals surface area contributed by atoms with E-state index >= 15 is 0 Å². The Kier molecular flexibility index (Phi) is 4.83. The van der Waals surface area contributed by atoms with Gasteiger partial charge in [-0.05, 0) is 30.0 Å². The minimum absolute atomic E-state index is 0.0377. The third-order valence-electron chi connectivity index (χ3n) is 4.52. The van der Waals surface area contributed by atoms with E-state index in [-0.39, 0.29) is 24.0 Å². The second kappa shape index (κ2) is 6.79. The van der Waals surface area contributed by atoms with Crippen molar-refractivity contribution in [2.45, 2.75) is 45.2 Å². The van der Waals surface area contributed by atoms with Gasteiger partial charge in [0, 0.05) is 5.56 Å². The third-order valence-corrected chi connectivity index (χ3v) is 6.42. The summed E-state index contributed by atoms with van der Waals surface area (Å²) in [5, 5.41) is 14.9. The van der Waals surface area contributed by atoms with E-state index < -0.39 is 15.4 Å². The lowest BCUT2D eigenvalue weighted by Crippen LogP contribution is -2.48. The average Bonchev–Trinajstić information content (AvgIpc) is 3.11. The van der Waals surface area contributed by atoms with Gasteiger partial charge in [0.1, 0.15) is 6.54 Å². The van der Waals surface area contributed by atoms with Gasteiger partial charge in [-0.1, -0.05) is 38.1 Å². The second-order valence-corrected chi connectivity index (χ2v) is 9.56. The number of carbonyl (C=O) groups is 1. The van der Waals surface area contributed by atoms with Crippen LogP contribution in [-0.4, -0.2) is 51.6 Å². The first-order valence-corrected chi connectivity index (χ1v) is 10.4. The minimum atomic E-state index is -3.08. The molecule has 0 bridgehead atoms. The first-order chi connectivity index (χ1) is 12.2. The highest BCUT2D eigenvalue weighted by Crippen LogP contribution is 2.23. The zero-order valence-electron chi connectivity index (χ0n) is 15.1. The molecule has 8 nitrogen and oxygen atoms in total. The van der Waals surface area contributed by atoms with Crippen LogP contribution in [0.25, 0.3) is 11.4 Å². The van der Waals surface area contributed by atoms with Crippen LogP contribution in [0.4, 0.5) is 0 Å². The largest absolute Gasteiger partial charge is 0.348 e. The van der Waals surface area contributed by atoms with Gasteiger partial charge in [-0.15, -0.1) is 10.2 Å². The fourth-order valence-corrected chi connectivity index (χ4v) is 5.15. The van der Waals surface area contributed by atoms with Crippen LogP contribution in [0.1, 0.15) is 38.7 Å². The summed E-state index contributed by atoms with van der Waals surface area (Å²) in [7, 11) is -3.08. The van der Waals surface area contributed by atoms with Crippen molar-refractivity contribution >= 4 is 15.7 Å². The van der Waals surface area contributed by atoms with E-state index in [9.17, 15) is 13.2 Å². The summed E-state index contributed by atoms with van der Waals surface area (Å²) in [6.45, 7) is 5.88. The van der Waals surface area contributed by atoms with Crippen molar-refractivity contribution in [3.8, 4) is 11.4 Å². The molecule has 2 aromatic rings. The van der Waals surface area contributed by atoms with E-state index in [0.717, 1.165) is 5.56 Å². The number of aromatic nitrogens is 4. The molecule has 0 radical (unpaired) electrons. The smallest absolute Gasteiger partial charge is 0.244 e. The monoisotopic (exact) mass is 377 g/mol. The van der Waals surface area contributed by atoms with E-state index in [2.05, 4.69) is 34.6 Å². The molecule has 1 amide bonds. The van der Waals surface area contributed by atoms with E-state index in [1.165, 1.54) is 10.4 Å². The Morgan fingerprint density at radius 2 is 2.00 bits per heavy atom. The molecule has 2 heterocycles. The zero-order valence-corrected chi connectivity index (χ0v) is 16.0. The van der Waals surface area contributed by atoms with Crippen molar-refractivity contribution in [2.24, 2.45) is 0 Å². The van der Waals surface area contributed by atoms with Crippen LogP contribution in [0, 0.1) is 0 Å². The molecule has 0 saturated carbocycles. The second-order valence-electron chi connectivity index (χ2n) is 7.37. The van der Waals surface area contributed by atoms with Gasteiger partial charge in [0.2, 0.25) is 11.7 Å². The van der Waals surface area contributed by atoms with Crippen LogP contribution in [0.5, 0.6) is 0 Å². The molecule has 1 N–H and O–H groups in total. The fourth-order valence-electron chi connectivity index (χ4n) is 3.06. The number of nitrogens with one attached hydrogen (secondary N) is 1. The molecule has 1 saturated heterocycles. The number of benzene rings is 1. The third kappa shape index (κ3) is 4.27. The van der Waals surface area contributed by atoms with E-state index in [4.69, 9.17) is 0 Å². The molecule has 0 aliphatic carbocycles. The summed E-state index contributed by atoms with van der Waals surface area (Å²) >= 11 is 0. The van der Waals surface area contributed by atoms with E-state index in [1.807, 2.05) is 24.3 Å². The molecule has 0 unspecified atom stereocenters. The van der Waals surface area contributed by atoms with Crippen molar-refractivity contribution in [1.29, 1.82) is 0 Å². The lowest BCUT2D eigenvalue weighted by atomic mass is 10.0. The Balaban J connectivity index is 1.64. The molecular formula is C17H23N5O3S. The predicted molar refractivity (Wildman–Crippen MR) is 97.2 cm³/mol. The van der Waals surface area contributed by atoms with Crippen molar-refractivity contribution in [3.63, 3.8) is 0 Å². The molecule has 1 atom stereocenters. The molecule has 3 rings (SSSR count). The topological polar surface area (TPSA) is 107 Å². The molecule has 1 aliphatic heterocycles. The van der Waals surface area contributed by atoms with Crippen LogP contribution in [0.3, 0.4) is 0 Å². The van der Waals surface area contributed by atoms with Gasteiger partial charge < -0.3 is 5.32 Å². The van der Waals surface area contributed by atoms with Gasteiger partial charge >= 0.3 is 0 Å². The molecule has 9 heteroatoms. The van der Waals surface area contributed by atoms with Crippen LogP contribution in [-0.2, 0) is 21.2 Å². The molecule has 0 spiro atoms. The number of hydrogen-bond acceptors (Lipinski definition) is 6. The summed E-state index contributed by atoms with van der Waals surface area (Å²) < 4.78 is 23.2. The van der Waals surface area contributed by atoms with Crippen LogP contribution in [0.2, 0.25) is 0 Å². The number of nitrogens with zero attached hydrogens (tertiary/aromatic N) is 4. The highest BCUT2D eigenvalue weighted by molar-refractivity contribution is 7.91. The Hall–Kier alpha value is -2.29. The van der Waals surface area contributed by atoms with Crippen molar-refractivity contribution in [3.05, 3.63) is 29.8 Å². The number of rotatable bonds is 5. The van der Waals surface area contributed by atoms with Crippen LogP contribution >= 0.6 is 0 Å². The standard InChI is InChI=1S/C17H23N5O3S/c1-12(2)13-4-6-14(7-5-13)16-19-21-22(20-16)10-15(23)18-17(3)8-9-26(24,25)11-17/h4-7,12H,8-11H2,1-3H3,(H,18,23)/t17-/m1/s1. The lowest BCUT2D eigenvalue weighted by molar-refractivity contribution is -0.123. The van der Waals surface area contributed by atoms with E-state index in [1.54, 1.807) is 6.92 Å². The van der Waals surface area contributed by atoms with Crippen molar-refractivity contribution in [1.82, 2.24) is 25.5 Å². The van der Waals surface area contributed by atoms with Crippen LogP contribution < -0.4 is 5.32 Å². The maximum Gasteiger partial charge on any atom is 0.244 e. The van der Waals surface area contributed by atoms with Gasteiger partial charge in [0.25, 0.3) is 0 Å². The highest BCUT2D eigenvalue weighted by atomic mass is 32.2. The van der Waals surface area contributed by atoms with Crippen molar-refractivity contribution < 1.29 is 13.2 Å².